The van der Waals surface area contributed by atoms with E-state index in [4.69, 9.17) is 4.98 Å². The minimum atomic E-state index is 0.890. The second-order valence-corrected chi connectivity index (χ2v) is 8.72. The Morgan fingerprint density at radius 1 is 0.821 bits per heavy atom. The number of nitrogens with zero attached hydrogens (tertiary/aromatic N) is 2. The molecule has 1 aromatic heterocycles. The van der Waals surface area contributed by atoms with Crippen LogP contribution in [0.5, 0.6) is 0 Å². The van der Waals surface area contributed by atoms with Crippen LogP contribution in [0.15, 0.2) is 36.8 Å². The summed E-state index contributed by atoms with van der Waals surface area (Å²) in [5, 5.41) is 0. The largest absolute Gasteiger partial charge is 0.244 e. The van der Waals surface area contributed by atoms with E-state index in [1.54, 1.807) is 6.33 Å². The van der Waals surface area contributed by atoms with Crippen molar-refractivity contribution in [2.75, 3.05) is 0 Å². The number of aromatic nitrogens is 2. The molecule has 0 radical (unpaired) electrons. The van der Waals surface area contributed by atoms with Gasteiger partial charge in [0.15, 0.2) is 0 Å². The maximum absolute atomic E-state index is 4.72. The van der Waals surface area contributed by atoms with Gasteiger partial charge in [0.2, 0.25) is 0 Å². The molecule has 2 nitrogen and oxygen atoms in total. The predicted octanol–water partition coefficient (Wildman–Crippen LogP) is 7.42. The first-order valence-corrected chi connectivity index (χ1v) is 11.7. The molecule has 1 saturated carbocycles. The third-order valence-corrected chi connectivity index (χ3v) is 6.61. The van der Waals surface area contributed by atoms with Gasteiger partial charge < -0.3 is 0 Å². The van der Waals surface area contributed by atoms with Gasteiger partial charge in [-0.05, 0) is 48.6 Å². The normalized spacial score (nSPS) is 19.6. The van der Waals surface area contributed by atoms with E-state index in [1.807, 2.05) is 0 Å². The van der Waals surface area contributed by atoms with Gasteiger partial charge in [-0.3, -0.25) is 0 Å². The van der Waals surface area contributed by atoms with E-state index in [0.717, 1.165) is 24.7 Å². The number of hydrogen-bond donors (Lipinski definition) is 0. The molecule has 3 rings (SSSR count). The van der Waals surface area contributed by atoms with Crippen molar-refractivity contribution >= 4 is 0 Å². The van der Waals surface area contributed by atoms with E-state index in [0.29, 0.717) is 0 Å². The van der Waals surface area contributed by atoms with Crippen molar-refractivity contribution in [3.8, 4) is 11.3 Å². The monoisotopic (exact) mass is 378 g/mol. The topological polar surface area (TPSA) is 25.8 Å². The van der Waals surface area contributed by atoms with Crippen molar-refractivity contribution in [1.82, 2.24) is 9.97 Å². The molecule has 1 fully saturated rings. The maximum atomic E-state index is 4.72. The molecular formula is C26H38N2. The first-order chi connectivity index (χ1) is 13.8. The summed E-state index contributed by atoms with van der Waals surface area (Å²) in [7, 11) is 0. The molecule has 0 spiro atoms. The molecule has 0 N–H and O–H groups in total. The first kappa shape index (κ1) is 21.0. The average molecular weight is 379 g/mol. The fraction of sp³-hybridized carbons (Fsp3) is 0.615. The van der Waals surface area contributed by atoms with Gasteiger partial charge in [-0.1, -0.05) is 89.5 Å². The van der Waals surface area contributed by atoms with Crippen molar-refractivity contribution in [1.29, 1.82) is 0 Å². The highest BCUT2D eigenvalue weighted by atomic mass is 14.8. The molecule has 1 aliphatic carbocycles. The molecule has 2 aromatic rings. The summed E-state index contributed by atoms with van der Waals surface area (Å²) in [6, 6.07) is 8.82. The molecule has 0 amide bonds. The second-order valence-electron chi connectivity index (χ2n) is 8.72. The van der Waals surface area contributed by atoms with Gasteiger partial charge in [-0.25, -0.2) is 9.97 Å². The lowest BCUT2D eigenvalue weighted by Gasteiger charge is -2.28. The molecule has 0 atom stereocenters. The Kier molecular flexibility index (Phi) is 8.51. The second kappa shape index (κ2) is 11.3. The summed E-state index contributed by atoms with van der Waals surface area (Å²) in [6.45, 7) is 4.57. The molecule has 0 bridgehead atoms. The minimum absolute atomic E-state index is 0.890. The summed E-state index contributed by atoms with van der Waals surface area (Å²) in [5.41, 5.74) is 5.25. The molecule has 28 heavy (non-hydrogen) atoms. The van der Waals surface area contributed by atoms with Crippen LogP contribution in [-0.4, -0.2) is 9.97 Å². The van der Waals surface area contributed by atoms with Crippen molar-refractivity contribution in [3.63, 3.8) is 0 Å². The van der Waals surface area contributed by atoms with Crippen LogP contribution in [-0.2, 0) is 12.8 Å². The van der Waals surface area contributed by atoms with Crippen LogP contribution in [0.25, 0.3) is 11.3 Å². The Morgan fingerprint density at radius 2 is 1.54 bits per heavy atom. The fourth-order valence-electron chi connectivity index (χ4n) is 4.78. The van der Waals surface area contributed by atoms with Crippen molar-refractivity contribution in [3.05, 3.63) is 47.9 Å². The molecule has 1 aromatic carbocycles. The molecule has 1 heterocycles. The van der Waals surface area contributed by atoms with Gasteiger partial charge in [0.25, 0.3) is 0 Å². The van der Waals surface area contributed by atoms with E-state index in [2.05, 4.69) is 49.3 Å². The molecule has 0 aliphatic heterocycles. The number of aryl methyl sites for hydroxylation is 2. The maximum Gasteiger partial charge on any atom is 0.116 e. The Hall–Kier alpha value is -1.70. The van der Waals surface area contributed by atoms with E-state index < -0.39 is 0 Å². The number of benzene rings is 1. The Morgan fingerprint density at radius 3 is 2.29 bits per heavy atom. The molecule has 152 valence electrons. The van der Waals surface area contributed by atoms with Crippen molar-refractivity contribution in [2.24, 2.45) is 11.8 Å². The third kappa shape index (κ3) is 5.90. The standard InChI is InChI=1S/C26H38N2/c1-3-5-9-21-13-15-22(16-14-21)17-18-24-19-27-20-28-26(24)25-12-8-7-11-23(25)10-6-4-2/h7-8,11-12,19-22H,3-6,9-10,13-18H2,1-2H3. The van der Waals surface area contributed by atoms with Crippen LogP contribution in [0.2, 0.25) is 0 Å². The van der Waals surface area contributed by atoms with Crippen LogP contribution in [0.1, 0.15) is 89.2 Å². The van der Waals surface area contributed by atoms with Crippen LogP contribution in [0.3, 0.4) is 0 Å². The van der Waals surface area contributed by atoms with E-state index in [1.165, 1.54) is 86.6 Å². The van der Waals surface area contributed by atoms with Gasteiger partial charge >= 0.3 is 0 Å². The molecule has 0 saturated heterocycles. The summed E-state index contributed by atoms with van der Waals surface area (Å²) in [5.74, 6) is 1.89. The predicted molar refractivity (Wildman–Crippen MR) is 119 cm³/mol. The third-order valence-electron chi connectivity index (χ3n) is 6.61. The van der Waals surface area contributed by atoms with Crippen LogP contribution in [0.4, 0.5) is 0 Å². The van der Waals surface area contributed by atoms with E-state index in [-0.39, 0.29) is 0 Å². The molecule has 2 heteroatoms. The van der Waals surface area contributed by atoms with Gasteiger partial charge in [-0.2, -0.15) is 0 Å². The van der Waals surface area contributed by atoms with Crippen LogP contribution < -0.4 is 0 Å². The Labute approximate surface area is 172 Å². The van der Waals surface area contributed by atoms with Gasteiger partial charge in [-0.15, -0.1) is 0 Å². The van der Waals surface area contributed by atoms with Crippen molar-refractivity contribution < 1.29 is 0 Å². The van der Waals surface area contributed by atoms with E-state index in [9.17, 15) is 0 Å². The minimum Gasteiger partial charge on any atom is -0.244 e. The summed E-state index contributed by atoms with van der Waals surface area (Å²) < 4.78 is 0. The zero-order chi connectivity index (χ0) is 19.6. The number of unbranched alkanes of at least 4 members (excludes halogenated alkanes) is 2. The number of rotatable bonds is 10. The van der Waals surface area contributed by atoms with Crippen molar-refractivity contribution in [2.45, 2.75) is 90.9 Å². The lowest BCUT2D eigenvalue weighted by molar-refractivity contribution is 0.250. The smallest absolute Gasteiger partial charge is 0.116 e. The highest BCUT2D eigenvalue weighted by Gasteiger charge is 2.21. The summed E-state index contributed by atoms with van der Waals surface area (Å²) in [4.78, 5) is 9.08. The molecular weight excluding hydrogens is 340 g/mol. The zero-order valence-electron chi connectivity index (χ0n) is 18.0. The first-order valence-electron chi connectivity index (χ1n) is 11.7. The lowest BCUT2D eigenvalue weighted by Crippen LogP contribution is -2.15. The highest BCUT2D eigenvalue weighted by Crippen LogP contribution is 2.35. The average Bonchev–Trinajstić information content (AvgIpc) is 2.76. The van der Waals surface area contributed by atoms with Crippen LogP contribution in [0, 0.1) is 11.8 Å². The Bertz CT molecular complexity index is 701. The highest BCUT2D eigenvalue weighted by molar-refractivity contribution is 5.66. The van der Waals surface area contributed by atoms with E-state index >= 15 is 0 Å². The Balaban J connectivity index is 1.63. The van der Waals surface area contributed by atoms with Gasteiger partial charge in [0.1, 0.15) is 6.33 Å². The zero-order valence-corrected chi connectivity index (χ0v) is 18.0. The quantitative estimate of drug-likeness (QED) is 0.430. The molecule has 0 unspecified atom stereocenters. The lowest BCUT2D eigenvalue weighted by atomic mass is 9.77. The SMILES string of the molecule is CCCCc1ccccc1-c1ncncc1CCC1CCC(CCCC)CC1. The van der Waals surface area contributed by atoms with Gasteiger partial charge in [0, 0.05) is 11.8 Å². The van der Waals surface area contributed by atoms with Gasteiger partial charge in [0.05, 0.1) is 5.69 Å². The van der Waals surface area contributed by atoms with Crippen LogP contribution >= 0.6 is 0 Å². The number of hydrogen-bond acceptors (Lipinski definition) is 2. The summed E-state index contributed by atoms with van der Waals surface area (Å²) in [6.07, 6.45) is 19.7. The molecule has 1 aliphatic rings. The fourth-order valence-corrected chi connectivity index (χ4v) is 4.78. The summed E-state index contributed by atoms with van der Waals surface area (Å²) >= 11 is 0.